The molecule has 100 valence electrons. The summed E-state index contributed by atoms with van der Waals surface area (Å²) >= 11 is 0. The van der Waals surface area contributed by atoms with Crippen molar-refractivity contribution in [1.82, 2.24) is 15.1 Å². The maximum atomic E-state index is 12.1. The second-order valence-corrected chi connectivity index (χ2v) is 5.48. The van der Waals surface area contributed by atoms with E-state index in [1.165, 1.54) is 5.56 Å². The zero-order valence-corrected chi connectivity index (χ0v) is 11.6. The first kappa shape index (κ1) is 13.1. The maximum Gasteiger partial charge on any atom is 0.222 e. The largest absolute Gasteiger partial charge is 0.343 e. The van der Waals surface area contributed by atoms with Gasteiger partial charge in [0.05, 0.1) is 5.69 Å². The quantitative estimate of drug-likeness (QED) is 0.893. The molecule has 0 saturated carbocycles. The molecule has 1 saturated heterocycles. The van der Waals surface area contributed by atoms with E-state index in [-0.39, 0.29) is 0 Å². The number of hydrogen-bond acceptors (Lipinski definition) is 2. The van der Waals surface area contributed by atoms with Crippen molar-refractivity contribution in [3.8, 4) is 0 Å². The Morgan fingerprint density at radius 3 is 2.61 bits per heavy atom. The van der Waals surface area contributed by atoms with Crippen molar-refractivity contribution < 1.29 is 4.79 Å². The summed E-state index contributed by atoms with van der Waals surface area (Å²) in [4.78, 5) is 14.1. The number of nitrogens with one attached hydrogen (secondary N) is 1. The van der Waals surface area contributed by atoms with Gasteiger partial charge in [0, 0.05) is 25.2 Å². The molecule has 0 radical (unpaired) electrons. The number of aryl methyl sites for hydroxylation is 2. The Kier molecular flexibility index (Phi) is 4.04. The second-order valence-electron chi connectivity index (χ2n) is 5.48. The summed E-state index contributed by atoms with van der Waals surface area (Å²) in [6.07, 6.45) is 3.71. The standard InChI is InChI=1S/C14H23N3O/c1-10-6-8-17(9-7-10)14(18)5-4-13-11(2)15-16-12(13)3/h10H,4-9H2,1-3H3,(H,15,16). The number of rotatable bonds is 3. The van der Waals surface area contributed by atoms with Crippen LogP contribution < -0.4 is 0 Å². The fourth-order valence-corrected chi connectivity index (χ4v) is 2.59. The van der Waals surface area contributed by atoms with Crippen LogP contribution in [0.4, 0.5) is 0 Å². The van der Waals surface area contributed by atoms with Gasteiger partial charge in [-0.25, -0.2) is 0 Å². The van der Waals surface area contributed by atoms with Crippen molar-refractivity contribution in [1.29, 1.82) is 0 Å². The molecule has 4 nitrogen and oxygen atoms in total. The first-order valence-electron chi connectivity index (χ1n) is 6.86. The minimum Gasteiger partial charge on any atom is -0.343 e. The minimum absolute atomic E-state index is 0.293. The zero-order chi connectivity index (χ0) is 13.1. The van der Waals surface area contributed by atoms with Gasteiger partial charge in [0.15, 0.2) is 0 Å². The smallest absolute Gasteiger partial charge is 0.222 e. The molecule has 1 N–H and O–H groups in total. The lowest BCUT2D eigenvalue weighted by Crippen LogP contribution is -2.38. The van der Waals surface area contributed by atoms with Crippen molar-refractivity contribution in [3.63, 3.8) is 0 Å². The van der Waals surface area contributed by atoms with E-state index in [1.807, 2.05) is 18.7 Å². The number of amides is 1. The van der Waals surface area contributed by atoms with Crippen LogP contribution in [0.15, 0.2) is 0 Å². The Labute approximate surface area is 109 Å². The average molecular weight is 249 g/mol. The molecule has 2 heterocycles. The Morgan fingerprint density at radius 1 is 1.39 bits per heavy atom. The summed E-state index contributed by atoms with van der Waals surface area (Å²) < 4.78 is 0. The van der Waals surface area contributed by atoms with Gasteiger partial charge in [0.25, 0.3) is 0 Å². The molecule has 1 amide bonds. The van der Waals surface area contributed by atoms with E-state index in [1.54, 1.807) is 0 Å². The maximum absolute atomic E-state index is 12.1. The van der Waals surface area contributed by atoms with E-state index in [2.05, 4.69) is 17.1 Å². The average Bonchev–Trinajstić information content (AvgIpc) is 2.67. The normalized spacial score (nSPS) is 17.2. The first-order chi connectivity index (χ1) is 8.58. The Bertz CT molecular complexity index is 397. The Morgan fingerprint density at radius 2 is 2.06 bits per heavy atom. The van der Waals surface area contributed by atoms with E-state index >= 15 is 0 Å². The third kappa shape index (κ3) is 2.92. The van der Waals surface area contributed by atoms with Crippen molar-refractivity contribution >= 4 is 5.91 Å². The van der Waals surface area contributed by atoms with Gasteiger partial charge in [-0.05, 0) is 44.6 Å². The fourth-order valence-electron chi connectivity index (χ4n) is 2.59. The minimum atomic E-state index is 0.293. The highest BCUT2D eigenvalue weighted by Gasteiger charge is 2.20. The number of aromatic nitrogens is 2. The predicted octanol–water partition coefficient (Wildman–Crippen LogP) is 2.22. The number of piperidine rings is 1. The van der Waals surface area contributed by atoms with E-state index < -0.39 is 0 Å². The van der Waals surface area contributed by atoms with Gasteiger partial charge in [-0.2, -0.15) is 5.10 Å². The van der Waals surface area contributed by atoms with E-state index in [4.69, 9.17) is 0 Å². The van der Waals surface area contributed by atoms with Crippen molar-refractivity contribution in [2.75, 3.05) is 13.1 Å². The number of H-pyrrole nitrogens is 1. The zero-order valence-electron chi connectivity index (χ0n) is 11.6. The predicted molar refractivity (Wildman–Crippen MR) is 71.4 cm³/mol. The van der Waals surface area contributed by atoms with Crippen LogP contribution in [-0.2, 0) is 11.2 Å². The van der Waals surface area contributed by atoms with Gasteiger partial charge in [0.1, 0.15) is 0 Å². The van der Waals surface area contributed by atoms with E-state index in [0.717, 1.165) is 49.7 Å². The summed E-state index contributed by atoms with van der Waals surface area (Å²) in [6, 6.07) is 0. The highest BCUT2D eigenvalue weighted by molar-refractivity contribution is 5.76. The van der Waals surface area contributed by atoms with Gasteiger partial charge in [-0.1, -0.05) is 6.92 Å². The molecule has 0 spiro atoms. The molecule has 1 aliphatic rings. The molecule has 1 fully saturated rings. The van der Waals surface area contributed by atoms with Gasteiger partial charge in [0.2, 0.25) is 5.91 Å². The number of hydrogen-bond donors (Lipinski definition) is 1. The van der Waals surface area contributed by atoms with Gasteiger partial charge < -0.3 is 4.90 Å². The van der Waals surface area contributed by atoms with Crippen LogP contribution in [0.25, 0.3) is 0 Å². The van der Waals surface area contributed by atoms with Crippen LogP contribution in [0.5, 0.6) is 0 Å². The van der Waals surface area contributed by atoms with E-state index in [9.17, 15) is 4.79 Å². The summed E-state index contributed by atoms with van der Waals surface area (Å²) in [5.74, 6) is 1.06. The van der Waals surface area contributed by atoms with E-state index in [0.29, 0.717) is 12.3 Å². The van der Waals surface area contributed by atoms with Crippen molar-refractivity contribution in [2.24, 2.45) is 5.92 Å². The highest BCUT2D eigenvalue weighted by atomic mass is 16.2. The molecule has 0 aliphatic carbocycles. The summed E-state index contributed by atoms with van der Waals surface area (Å²) in [6.45, 7) is 8.14. The van der Waals surface area contributed by atoms with Gasteiger partial charge in [-0.15, -0.1) is 0 Å². The van der Waals surface area contributed by atoms with Crippen LogP contribution in [0.2, 0.25) is 0 Å². The van der Waals surface area contributed by atoms with Crippen molar-refractivity contribution in [2.45, 2.75) is 46.5 Å². The number of aromatic amines is 1. The Hall–Kier alpha value is -1.32. The SMILES string of the molecule is Cc1n[nH]c(C)c1CCC(=O)N1CCC(C)CC1. The topological polar surface area (TPSA) is 49.0 Å². The molecule has 0 bridgehead atoms. The molecule has 1 aliphatic heterocycles. The third-order valence-corrected chi connectivity index (χ3v) is 4.01. The molecule has 4 heteroatoms. The molecule has 0 aromatic carbocycles. The van der Waals surface area contributed by atoms with Crippen LogP contribution in [-0.4, -0.2) is 34.1 Å². The highest BCUT2D eigenvalue weighted by Crippen LogP contribution is 2.18. The first-order valence-corrected chi connectivity index (χ1v) is 6.86. The summed E-state index contributed by atoms with van der Waals surface area (Å²) in [7, 11) is 0. The molecule has 1 aromatic heterocycles. The van der Waals surface area contributed by atoms with Crippen molar-refractivity contribution in [3.05, 3.63) is 17.0 Å². The molecule has 1 aromatic rings. The molecule has 2 rings (SSSR count). The number of likely N-dealkylation sites (tertiary alicyclic amines) is 1. The third-order valence-electron chi connectivity index (χ3n) is 4.01. The molecule has 0 unspecified atom stereocenters. The summed E-state index contributed by atoms with van der Waals surface area (Å²) in [5, 5.41) is 7.14. The lowest BCUT2D eigenvalue weighted by atomic mass is 9.98. The molecule has 18 heavy (non-hydrogen) atoms. The number of carbonyl (C=O) groups excluding carboxylic acids is 1. The lowest BCUT2D eigenvalue weighted by Gasteiger charge is -2.30. The van der Waals surface area contributed by atoms with Gasteiger partial charge in [-0.3, -0.25) is 9.89 Å². The number of nitrogens with zero attached hydrogens (tertiary/aromatic N) is 2. The van der Waals surface area contributed by atoms with Gasteiger partial charge >= 0.3 is 0 Å². The molecular weight excluding hydrogens is 226 g/mol. The van der Waals surface area contributed by atoms with Crippen LogP contribution >= 0.6 is 0 Å². The Balaban J connectivity index is 1.85. The molecular formula is C14H23N3O. The monoisotopic (exact) mass is 249 g/mol. The second kappa shape index (κ2) is 5.55. The van der Waals surface area contributed by atoms with Crippen LogP contribution in [0.1, 0.15) is 43.1 Å². The number of carbonyl (C=O) groups is 1. The van der Waals surface area contributed by atoms with Crippen LogP contribution in [0.3, 0.4) is 0 Å². The fraction of sp³-hybridized carbons (Fsp3) is 0.714. The summed E-state index contributed by atoms with van der Waals surface area (Å²) in [5.41, 5.74) is 3.31. The molecule has 0 atom stereocenters. The van der Waals surface area contributed by atoms with Crippen LogP contribution in [0, 0.1) is 19.8 Å². The lowest BCUT2D eigenvalue weighted by molar-refractivity contribution is -0.132.